The second kappa shape index (κ2) is 4.71. The normalized spacial score (nSPS) is 10.4. The second-order valence-electron chi connectivity index (χ2n) is 4.14. The van der Waals surface area contributed by atoms with Gasteiger partial charge in [0.1, 0.15) is 0 Å². The topological polar surface area (TPSA) is 0 Å². The van der Waals surface area contributed by atoms with Crippen molar-refractivity contribution in [3.8, 4) is 0 Å². The van der Waals surface area contributed by atoms with Crippen LogP contribution < -0.4 is 0 Å². The van der Waals surface area contributed by atoms with Gasteiger partial charge >= 0.3 is 0 Å². The lowest BCUT2D eigenvalue weighted by Gasteiger charge is -2.09. The van der Waals surface area contributed by atoms with E-state index in [1.807, 2.05) is 6.07 Å². The van der Waals surface area contributed by atoms with Crippen LogP contribution in [0.5, 0.6) is 0 Å². The first-order chi connectivity index (χ1) is 7.68. The minimum absolute atomic E-state index is 0.904. The number of benzene rings is 2. The molecule has 0 fully saturated rings. The molecule has 0 atom stereocenters. The van der Waals surface area contributed by atoms with Crippen LogP contribution in [0.1, 0.15) is 22.3 Å². The van der Waals surface area contributed by atoms with Gasteiger partial charge in [-0.2, -0.15) is 0 Å². The van der Waals surface area contributed by atoms with E-state index in [0.717, 1.165) is 11.4 Å². The zero-order valence-corrected chi connectivity index (χ0v) is 10.4. The average molecular weight is 231 g/mol. The molecule has 2 rings (SSSR count). The molecule has 0 N–H and O–H groups in total. The van der Waals surface area contributed by atoms with E-state index in [1.165, 1.54) is 22.3 Å². The van der Waals surface area contributed by atoms with Crippen LogP contribution in [0.25, 0.3) is 0 Å². The van der Waals surface area contributed by atoms with Gasteiger partial charge < -0.3 is 0 Å². The largest absolute Gasteiger partial charge is 0.0837 e. The Morgan fingerprint density at radius 3 is 2.31 bits per heavy atom. The molecule has 0 amide bonds. The van der Waals surface area contributed by atoms with Crippen LogP contribution >= 0.6 is 11.6 Å². The molecule has 0 radical (unpaired) electrons. The van der Waals surface area contributed by atoms with Gasteiger partial charge in [0.05, 0.1) is 0 Å². The maximum absolute atomic E-state index is 6.35. The quantitative estimate of drug-likeness (QED) is 0.710. The Morgan fingerprint density at radius 1 is 0.938 bits per heavy atom. The molecule has 0 unspecified atom stereocenters. The molecule has 0 spiro atoms. The van der Waals surface area contributed by atoms with E-state index in [-0.39, 0.29) is 0 Å². The van der Waals surface area contributed by atoms with E-state index in [4.69, 9.17) is 11.6 Å². The summed E-state index contributed by atoms with van der Waals surface area (Å²) in [6.45, 7) is 4.17. The van der Waals surface area contributed by atoms with E-state index < -0.39 is 0 Å². The molecular weight excluding hydrogens is 216 g/mol. The molecule has 0 saturated heterocycles. The summed E-state index contributed by atoms with van der Waals surface area (Å²) in [6, 6.07) is 14.7. The fourth-order valence-electron chi connectivity index (χ4n) is 1.79. The Morgan fingerprint density at radius 2 is 1.62 bits per heavy atom. The van der Waals surface area contributed by atoms with Crippen molar-refractivity contribution in [2.45, 2.75) is 20.3 Å². The van der Waals surface area contributed by atoms with Crippen molar-refractivity contribution < 1.29 is 0 Å². The van der Waals surface area contributed by atoms with Gasteiger partial charge in [0, 0.05) is 5.02 Å². The van der Waals surface area contributed by atoms with Crippen LogP contribution in [0.3, 0.4) is 0 Å². The Balaban J connectivity index is 2.33. The Kier molecular flexibility index (Phi) is 3.31. The summed E-state index contributed by atoms with van der Waals surface area (Å²) in [4.78, 5) is 0. The smallest absolute Gasteiger partial charge is 0.0473 e. The summed E-state index contributed by atoms with van der Waals surface area (Å²) in [5.74, 6) is 0. The highest BCUT2D eigenvalue weighted by Crippen LogP contribution is 2.25. The third-order valence-corrected chi connectivity index (χ3v) is 3.50. The fourth-order valence-corrected chi connectivity index (χ4v) is 2.07. The molecule has 2 aromatic carbocycles. The number of halogens is 1. The van der Waals surface area contributed by atoms with Gasteiger partial charge in [0.2, 0.25) is 0 Å². The lowest BCUT2D eigenvalue weighted by atomic mass is 10.0. The Hall–Kier alpha value is -1.27. The highest BCUT2D eigenvalue weighted by atomic mass is 35.5. The monoisotopic (exact) mass is 230 g/mol. The predicted octanol–water partition coefficient (Wildman–Crippen LogP) is 4.55. The van der Waals surface area contributed by atoms with Crippen LogP contribution in [0, 0.1) is 13.8 Å². The van der Waals surface area contributed by atoms with Crippen molar-refractivity contribution in [2.75, 3.05) is 0 Å². The van der Waals surface area contributed by atoms with Gasteiger partial charge in [-0.15, -0.1) is 0 Å². The molecule has 0 bridgehead atoms. The van der Waals surface area contributed by atoms with Crippen LogP contribution in [0.2, 0.25) is 5.02 Å². The SMILES string of the molecule is Cc1ccc(Cc2ccccc2)c(Cl)c1C. The summed E-state index contributed by atoms with van der Waals surface area (Å²) in [5.41, 5.74) is 4.94. The Labute approximate surface area is 102 Å². The molecule has 0 aliphatic heterocycles. The highest BCUT2D eigenvalue weighted by Gasteiger charge is 2.05. The van der Waals surface area contributed by atoms with Gasteiger partial charge in [-0.3, -0.25) is 0 Å². The van der Waals surface area contributed by atoms with E-state index in [2.05, 4.69) is 50.2 Å². The molecular formula is C15H15Cl. The summed E-state index contributed by atoms with van der Waals surface area (Å²) in [7, 11) is 0. The first kappa shape index (κ1) is 11.2. The molecule has 1 heteroatoms. The Bertz CT molecular complexity index is 486. The van der Waals surface area contributed by atoms with E-state index >= 15 is 0 Å². The molecule has 0 heterocycles. The van der Waals surface area contributed by atoms with Crippen LogP contribution in [0.15, 0.2) is 42.5 Å². The van der Waals surface area contributed by atoms with Gasteiger partial charge in [0.25, 0.3) is 0 Å². The number of aryl methyl sites for hydroxylation is 1. The summed E-state index contributed by atoms with van der Waals surface area (Å²) < 4.78 is 0. The zero-order chi connectivity index (χ0) is 11.5. The molecule has 0 aromatic heterocycles. The van der Waals surface area contributed by atoms with Gasteiger partial charge in [-0.25, -0.2) is 0 Å². The molecule has 2 aromatic rings. The second-order valence-corrected chi connectivity index (χ2v) is 4.52. The summed E-state index contributed by atoms with van der Waals surface area (Å²) in [5, 5.41) is 0.906. The van der Waals surface area contributed by atoms with Gasteiger partial charge in [0.15, 0.2) is 0 Å². The number of hydrogen-bond acceptors (Lipinski definition) is 0. The summed E-state index contributed by atoms with van der Waals surface area (Å²) in [6.07, 6.45) is 0.904. The fraction of sp³-hybridized carbons (Fsp3) is 0.200. The zero-order valence-electron chi connectivity index (χ0n) is 9.63. The first-order valence-corrected chi connectivity index (χ1v) is 5.85. The maximum atomic E-state index is 6.35. The third-order valence-electron chi connectivity index (χ3n) is 2.97. The minimum atomic E-state index is 0.904. The average Bonchev–Trinajstić information content (AvgIpc) is 2.31. The lowest BCUT2D eigenvalue weighted by Crippen LogP contribution is -1.92. The van der Waals surface area contributed by atoms with Gasteiger partial charge in [-0.1, -0.05) is 54.1 Å². The van der Waals surface area contributed by atoms with Crippen molar-refractivity contribution in [2.24, 2.45) is 0 Å². The number of rotatable bonds is 2. The predicted molar refractivity (Wildman–Crippen MR) is 70.2 cm³/mol. The first-order valence-electron chi connectivity index (χ1n) is 5.47. The summed E-state index contributed by atoms with van der Waals surface area (Å²) >= 11 is 6.35. The van der Waals surface area contributed by atoms with Crippen molar-refractivity contribution >= 4 is 11.6 Å². The minimum Gasteiger partial charge on any atom is -0.0837 e. The molecule has 0 saturated carbocycles. The standard InChI is InChI=1S/C15H15Cl/c1-11-8-9-14(15(16)12(11)2)10-13-6-4-3-5-7-13/h3-9H,10H2,1-2H3. The lowest BCUT2D eigenvalue weighted by molar-refractivity contribution is 1.17. The molecule has 82 valence electrons. The molecule has 0 nitrogen and oxygen atoms in total. The van der Waals surface area contributed by atoms with Crippen LogP contribution in [-0.4, -0.2) is 0 Å². The van der Waals surface area contributed by atoms with E-state index in [9.17, 15) is 0 Å². The highest BCUT2D eigenvalue weighted by molar-refractivity contribution is 6.32. The maximum Gasteiger partial charge on any atom is 0.0473 e. The van der Waals surface area contributed by atoms with Crippen LogP contribution in [-0.2, 0) is 6.42 Å². The molecule has 0 aliphatic rings. The van der Waals surface area contributed by atoms with Crippen molar-refractivity contribution in [3.63, 3.8) is 0 Å². The van der Waals surface area contributed by atoms with Crippen molar-refractivity contribution in [1.82, 2.24) is 0 Å². The van der Waals surface area contributed by atoms with Crippen molar-refractivity contribution in [1.29, 1.82) is 0 Å². The third kappa shape index (κ3) is 2.28. The van der Waals surface area contributed by atoms with Crippen LogP contribution in [0.4, 0.5) is 0 Å². The van der Waals surface area contributed by atoms with Gasteiger partial charge in [-0.05, 0) is 42.5 Å². The molecule has 16 heavy (non-hydrogen) atoms. The van der Waals surface area contributed by atoms with E-state index in [1.54, 1.807) is 0 Å². The van der Waals surface area contributed by atoms with E-state index in [0.29, 0.717) is 0 Å². The van der Waals surface area contributed by atoms with Crippen molar-refractivity contribution in [3.05, 3.63) is 69.7 Å². The number of hydrogen-bond donors (Lipinski definition) is 0. The molecule has 0 aliphatic carbocycles.